The van der Waals surface area contributed by atoms with E-state index < -0.39 is 5.97 Å². The minimum atomic E-state index is -0.951. The Bertz CT molecular complexity index is 6290. The third-order valence-electron chi connectivity index (χ3n) is 24.6. The van der Waals surface area contributed by atoms with Crippen LogP contribution >= 0.6 is 0 Å². The fraction of sp³-hybridized carbons (Fsp3) is 0.398. The molecule has 7 aromatic carbocycles. The smallest absolute Gasteiger partial charge is 0.355 e. The number of aromatic carboxylic acids is 1. The molecule has 0 spiro atoms. The molecule has 0 amide bonds. The van der Waals surface area contributed by atoms with Crippen LogP contribution in [0, 0.1) is 55.4 Å². The minimum Gasteiger partial charge on any atom is -0.490 e. The summed E-state index contributed by atoms with van der Waals surface area (Å²) in [5, 5.41) is 23.0. The lowest BCUT2D eigenvalue weighted by molar-refractivity contribution is 0.0519. The summed E-state index contributed by atoms with van der Waals surface area (Å²) in [4.78, 5) is 50.6. The van der Waals surface area contributed by atoms with Crippen molar-refractivity contribution < 1.29 is 52.6 Å². The molecule has 15 aromatic rings. The molecule has 8 aromatic heterocycles. The maximum Gasteiger partial charge on any atom is 0.355 e. The number of carbonyl (C=O) groups is 2. The first-order valence-corrected chi connectivity index (χ1v) is 46.2. The van der Waals surface area contributed by atoms with Gasteiger partial charge >= 0.3 is 11.9 Å². The Labute approximate surface area is 779 Å². The third-order valence-corrected chi connectivity index (χ3v) is 24.6. The van der Waals surface area contributed by atoms with E-state index >= 15 is 0 Å². The molecule has 2 fully saturated rings. The highest BCUT2D eigenvalue weighted by Gasteiger charge is 2.24. The van der Waals surface area contributed by atoms with Gasteiger partial charge in [-0.05, 0) is 262 Å². The van der Waals surface area contributed by atoms with Crippen LogP contribution in [0.5, 0.6) is 28.7 Å². The molecule has 0 aliphatic carbocycles. The number of piperidine rings is 1. The molecule has 133 heavy (non-hydrogen) atoms. The predicted molar refractivity (Wildman–Crippen MR) is 545 cm³/mol. The number of nitrogen functional groups attached to an aromatic ring is 7. The fourth-order valence-electron chi connectivity index (χ4n) is 16.9. The topological polar surface area (TPSA) is 456 Å². The van der Waals surface area contributed by atoms with Crippen molar-refractivity contribution in [3.63, 3.8) is 0 Å². The first kappa shape index (κ1) is 100. The average Bonchev–Trinajstić information content (AvgIpc) is 1.62. The zero-order valence-electron chi connectivity index (χ0n) is 80.2. The number of nitrogens with two attached hydrogens (primary N) is 7. The van der Waals surface area contributed by atoms with Gasteiger partial charge in [-0.1, -0.05) is 46.2 Å². The number of aromatic amines is 7. The lowest BCUT2D eigenvalue weighted by Crippen LogP contribution is -2.36. The number of rotatable bonds is 31. The van der Waals surface area contributed by atoms with Crippen LogP contribution in [0.1, 0.15) is 156 Å². The Kier molecular flexibility index (Phi) is 36.5. The zero-order chi connectivity index (χ0) is 95.5. The van der Waals surface area contributed by atoms with Crippen LogP contribution in [0.2, 0.25) is 0 Å². The SMILES string of the molecule is CCOC(=O)c1[nH]c2c(C(C)C)ccc(N)c2c1C.COCCOc1ccc(N)c2c(C)c(C)[nH]c12.COCCOc1ccc(N)c2cc[nH]c12.Cc1[nH]c2c(OCCNCCN3CCCC3)ccc(N)c2c1C.Cc1[nH]c2c(OCCn3cccc3)ccc(N)c2c1C.Cc1c(C(=O)O)[nH]c2c(C(C)C)ccc(N)c12.Nc1ccc(OCCNCCN2CCCCC2)c2[nH]ccc12. The minimum absolute atomic E-state index is 0.222. The number of likely N-dealkylation sites (tertiary alicyclic amines) is 2. The van der Waals surface area contributed by atoms with Gasteiger partial charge in [-0.3, -0.25) is 0 Å². The Morgan fingerprint density at radius 1 is 0.383 bits per heavy atom. The summed E-state index contributed by atoms with van der Waals surface area (Å²) in [6, 6.07) is 34.7. The number of nitrogens with one attached hydrogen (secondary N) is 9. The van der Waals surface area contributed by atoms with Crippen molar-refractivity contribution in [3.8, 4) is 28.7 Å². The quantitative estimate of drug-likeness (QED) is 0.0109. The third kappa shape index (κ3) is 25.4. The van der Waals surface area contributed by atoms with Gasteiger partial charge in [0.25, 0.3) is 0 Å². The number of H-pyrrole nitrogens is 7. The van der Waals surface area contributed by atoms with Crippen LogP contribution < -0.4 is 74.5 Å². The van der Waals surface area contributed by atoms with Crippen molar-refractivity contribution in [3.05, 3.63) is 201 Å². The van der Waals surface area contributed by atoms with Crippen LogP contribution in [0.25, 0.3) is 76.3 Å². The van der Waals surface area contributed by atoms with Gasteiger partial charge in [0.05, 0.1) is 65.0 Å². The molecule has 0 radical (unpaired) electrons. The Hall–Kier alpha value is -13.1. The Morgan fingerprint density at radius 3 is 1.10 bits per heavy atom. The molecule has 2 aliphatic heterocycles. The molecule has 2 aliphatic rings. The number of aromatic nitrogens is 8. The summed E-state index contributed by atoms with van der Waals surface area (Å²) in [6.45, 7) is 42.7. The number of esters is 1. The Morgan fingerprint density at radius 2 is 0.722 bits per heavy atom. The lowest BCUT2D eigenvalue weighted by Gasteiger charge is -2.26. The van der Waals surface area contributed by atoms with Crippen LogP contribution in [0.4, 0.5) is 39.8 Å². The molecule has 714 valence electrons. The summed E-state index contributed by atoms with van der Waals surface area (Å²) >= 11 is 0. The van der Waals surface area contributed by atoms with Gasteiger partial charge in [-0.2, -0.15) is 0 Å². The molecule has 17 rings (SSSR count). The number of methoxy groups -OCH3 is 2. The molecule has 24 N–H and O–H groups in total. The highest BCUT2D eigenvalue weighted by Crippen LogP contribution is 2.40. The summed E-state index contributed by atoms with van der Waals surface area (Å²) in [5.74, 6) is 3.63. The van der Waals surface area contributed by atoms with E-state index in [1.54, 1.807) is 28.1 Å². The molecule has 0 bridgehead atoms. The van der Waals surface area contributed by atoms with Crippen LogP contribution in [-0.2, 0) is 20.8 Å². The van der Waals surface area contributed by atoms with Crippen molar-refractivity contribution in [2.45, 2.75) is 140 Å². The largest absolute Gasteiger partial charge is 0.490 e. The van der Waals surface area contributed by atoms with Crippen molar-refractivity contribution in [1.29, 1.82) is 0 Å². The number of anilines is 7. The van der Waals surface area contributed by atoms with E-state index in [1.165, 1.54) is 75.0 Å². The van der Waals surface area contributed by atoms with Crippen LogP contribution in [0.15, 0.2) is 134 Å². The monoisotopic (exact) mass is 1820 g/mol. The van der Waals surface area contributed by atoms with E-state index in [4.69, 9.17) is 83.1 Å². The van der Waals surface area contributed by atoms with Gasteiger partial charge in [0.2, 0.25) is 0 Å². The number of ether oxygens (including phenoxy) is 8. The van der Waals surface area contributed by atoms with E-state index in [-0.39, 0.29) is 11.7 Å². The summed E-state index contributed by atoms with van der Waals surface area (Å²) in [5.41, 5.74) is 65.3. The molecule has 30 heteroatoms. The van der Waals surface area contributed by atoms with E-state index in [1.807, 2.05) is 148 Å². The summed E-state index contributed by atoms with van der Waals surface area (Å²) in [6.07, 6.45) is 14.6. The number of aryl methyl sites for hydroxylation is 8. The molecule has 2 saturated heterocycles. The van der Waals surface area contributed by atoms with Crippen LogP contribution in [-0.4, -0.2) is 199 Å². The number of carbonyl (C=O) groups excluding carboxylic acids is 1. The number of carboxylic acids is 1. The summed E-state index contributed by atoms with van der Waals surface area (Å²) in [7, 11) is 3.31. The number of nitrogens with zero attached hydrogens (tertiary/aromatic N) is 3. The van der Waals surface area contributed by atoms with Crippen LogP contribution in [0.3, 0.4) is 0 Å². The number of hydrogen-bond donors (Lipinski definition) is 17. The average molecular weight is 1820 g/mol. The van der Waals surface area contributed by atoms with Crippen molar-refractivity contribution in [2.75, 3.05) is 173 Å². The van der Waals surface area contributed by atoms with Crippen molar-refractivity contribution >= 4 is 128 Å². The standard InChI is InChI=1S/C18H28N4O.C17H26N4O.C16H19N3O.C15H20N2O2.C13H18N2O2.C13H16N2O2.C11H14N2O2/c1-13-14(2)21-18-16(6-5-15(19)17(13)18)23-12-8-20-7-11-22-9-3-4-10-22;18-15-4-5-16(17-14(15)6-7-20-17)22-13-9-19-8-12-21-10-2-1-3-11-21;1-11-12(2)18-16-14(6-5-13(17)15(11)16)20-10-9-19-7-3-4-8-19;1-5-19-15(18)13-9(4)12-11(16)7-6-10(8(2)3)14(12)17-13;1-8-9(2)15-13-11(17-7-6-16-3)5-4-10(14)12(8)13;1-6(2)8-4-5-9(14)10-7(3)11(13(16)17)15-12(8)10;1-14-6-7-15-10-3-2-9(12)8-4-5-13-11(8)10/h5-6,20-21H,3-4,7-12,19H2,1-2H3;4-7,19-20H,1-3,8-13,18H2;3-8,18H,9-10,17H2,1-2H3;6-8,17H,5,16H2,1-4H3;4-5,15H,6-7,14H2,1-3H3;4-6,15H,14H2,1-3H3,(H,16,17);2-5,13H,6-7,12H2,1H3. The maximum absolute atomic E-state index is 11.9. The van der Waals surface area contributed by atoms with E-state index in [2.05, 4.69) is 122 Å². The molecular formula is C103H141N19O11. The molecule has 0 saturated carbocycles. The van der Waals surface area contributed by atoms with Gasteiger partial charge in [-0.15, -0.1) is 0 Å². The second-order valence-corrected chi connectivity index (χ2v) is 34.3. The molecular weight excluding hydrogens is 1680 g/mol. The Balaban J connectivity index is 0.000000150. The van der Waals surface area contributed by atoms with Gasteiger partial charge in [0, 0.05) is 173 Å². The number of carboxylic acid groups (broad SMARTS) is 1. The first-order chi connectivity index (χ1) is 64.0. The summed E-state index contributed by atoms with van der Waals surface area (Å²) < 4.78 is 46.0. The second-order valence-electron chi connectivity index (χ2n) is 34.3. The molecule has 10 heterocycles. The van der Waals surface area contributed by atoms with Gasteiger partial charge in [-0.25, -0.2) is 9.59 Å². The molecule has 0 atom stereocenters. The predicted octanol–water partition coefficient (Wildman–Crippen LogP) is 18.3. The molecule has 0 unspecified atom stereocenters. The van der Waals surface area contributed by atoms with E-state index in [0.717, 1.165) is 213 Å². The van der Waals surface area contributed by atoms with Gasteiger partial charge < -0.3 is 143 Å². The maximum atomic E-state index is 11.9. The number of benzene rings is 7. The highest BCUT2D eigenvalue weighted by molar-refractivity contribution is 6.06. The second kappa shape index (κ2) is 48.3. The lowest BCUT2D eigenvalue weighted by atomic mass is 9.98. The molecule has 30 nitrogen and oxygen atoms in total. The fourth-order valence-corrected chi connectivity index (χ4v) is 16.9. The normalized spacial score (nSPS) is 12.7. The van der Waals surface area contributed by atoms with E-state index in [0.29, 0.717) is 87.3 Å². The first-order valence-electron chi connectivity index (χ1n) is 46.2. The van der Waals surface area contributed by atoms with Gasteiger partial charge in [0.15, 0.2) is 0 Å². The van der Waals surface area contributed by atoms with E-state index in [9.17, 15) is 9.59 Å². The number of fused-ring (bicyclic) bond motifs is 7. The van der Waals surface area contributed by atoms with Crippen molar-refractivity contribution in [1.82, 2.24) is 59.9 Å². The van der Waals surface area contributed by atoms with Crippen molar-refractivity contribution in [2.24, 2.45) is 0 Å². The highest BCUT2D eigenvalue weighted by atomic mass is 16.5. The number of hydrogen-bond acceptors (Lipinski definition) is 21. The van der Waals surface area contributed by atoms with Gasteiger partial charge in [0.1, 0.15) is 73.2 Å². The zero-order valence-corrected chi connectivity index (χ0v) is 80.2.